The van der Waals surface area contributed by atoms with E-state index in [1.54, 1.807) is 13.1 Å². The van der Waals surface area contributed by atoms with Crippen molar-refractivity contribution in [1.29, 1.82) is 5.26 Å². The number of piperidine rings is 1. The van der Waals surface area contributed by atoms with Gasteiger partial charge in [0.25, 0.3) is 5.91 Å². The molecule has 2 aromatic carbocycles. The normalized spacial score (nSPS) is 23.7. The van der Waals surface area contributed by atoms with Gasteiger partial charge in [-0.15, -0.1) is 0 Å². The molecular weight excluding hydrogens is 512 g/mol. The fourth-order valence-electron chi connectivity index (χ4n) is 6.92. The number of carbonyl (C=O) groups excluding carboxylic acids is 2. The molecule has 0 bridgehead atoms. The molecule has 1 aliphatic heterocycles. The molecule has 2 aromatic rings. The Kier molecular flexibility index (Phi) is 7.92. The molecule has 8 heteroatoms. The highest BCUT2D eigenvalue weighted by Gasteiger charge is 2.52. The van der Waals surface area contributed by atoms with Crippen LogP contribution in [-0.4, -0.2) is 56.0 Å². The fourth-order valence-corrected chi connectivity index (χ4v) is 6.92. The van der Waals surface area contributed by atoms with Crippen LogP contribution in [0.4, 0.5) is 0 Å². The predicted molar refractivity (Wildman–Crippen MR) is 160 cm³/mol. The minimum absolute atomic E-state index is 0.103. The highest BCUT2D eigenvalue weighted by molar-refractivity contribution is 5.96. The van der Waals surface area contributed by atoms with E-state index in [9.17, 15) is 14.9 Å². The van der Waals surface area contributed by atoms with E-state index < -0.39 is 11.3 Å². The van der Waals surface area contributed by atoms with Gasteiger partial charge in [-0.2, -0.15) is 5.26 Å². The Morgan fingerprint density at radius 1 is 1.07 bits per heavy atom. The third-order valence-corrected chi connectivity index (χ3v) is 9.16. The van der Waals surface area contributed by atoms with Gasteiger partial charge in [0.2, 0.25) is 5.91 Å². The Morgan fingerprint density at radius 3 is 2.44 bits per heavy atom. The van der Waals surface area contributed by atoms with Gasteiger partial charge < -0.3 is 26.6 Å². The molecule has 5 N–H and O–H groups in total. The van der Waals surface area contributed by atoms with E-state index in [1.165, 1.54) is 0 Å². The number of carbonyl (C=O) groups is 2. The summed E-state index contributed by atoms with van der Waals surface area (Å²) in [6, 6.07) is 14.6. The molecule has 1 heterocycles. The lowest BCUT2D eigenvalue weighted by atomic mass is 9.69. The van der Waals surface area contributed by atoms with Crippen molar-refractivity contribution < 1.29 is 9.59 Å². The molecule has 2 fully saturated rings. The zero-order chi connectivity index (χ0) is 29.3. The minimum Gasteiger partial charge on any atom is -0.392 e. The number of nitrogens with one attached hydrogen (secondary N) is 3. The van der Waals surface area contributed by atoms with Crippen LogP contribution in [0.1, 0.15) is 57.4 Å². The van der Waals surface area contributed by atoms with Crippen LogP contribution in [0.25, 0.3) is 0 Å². The van der Waals surface area contributed by atoms with Crippen molar-refractivity contribution in [1.82, 2.24) is 20.9 Å². The van der Waals surface area contributed by atoms with Gasteiger partial charge in [0.15, 0.2) is 0 Å². The molecule has 2 aliphatic carbocycles. The zero-order valence-electron chi connectivity index (χ0n) is 24.1. The van der Waals surface area contributed by atoms with Crippen molar-refractivity contribution in [2.75, 3.05) is 27.2 Å². The first kappa shape index (κ1) is 28.4. The van der Waals surface area contributed by atoms with E-state index >= 15 is 0 Å². The number of hydrogen-bond acceptors (Lipinski definition) is 6. The maximum atomic E-state index is 13.6. The molecule has 0 spiro atoms. The van der Waals surface area contributed by atoms with Crippen molar-refractivity contribution in [3.8, 4) is 6.07 Å². The first-order chi connectivity index (χ1) is 19.7. The van der Waals surface area contributed by atoms with Gasteiger partial charge in [-0.1, -0.05) is 37.4 Å². The molecule has 1 saturated heterocycles. The maximum Gasteiger partial charge on any atom is 0.251 e. The summed E-state index contributed by atoms with van der Waals surface area (Å²) in [7, 11) is 3.47. The predicted octanol–water partition coefficient (Wildman–Crippen LogP) is 2.67. The molecule has 3 aliphatic rings. The Labute approximate surface area is 242 Å². The Morgan fingerprint density at radius 2 is 1.78 bits per heavy atom. The number of allylic oxidation sites excluding steroid dienone is 1. The number of fused-ring (bicyclic) bond motifs is 3. The summed E-state index contributed by atoms with van der Waals surface area (Å²) in [4.78, 5) is 28.3. The topological polar surface area (TPSA) is 123 Å². The number of benzene rings is 2. The van der Waals surface area contributed by atoms with Gasteiger partial charge in [0.05, 0.1) is 6.07 Å². The van der Waals surface area contributed by atoms with Gasteiger partial charge in [0.1, 0.15) is 11.5 Å². The molecule has 41 heavy (non-hydrogen) atoms. The first-order valence-electron chi connectivity index (χ1n) is 14.4. The monoisotopic (exact) mass is 552 g/mol. The van der Waals surface area contributed by atoms with Crippen LogP contribution in [0, 0.1) is 17.2 Å². The second kappa shape index (κ2) is 11.4. The molecule has 4 atom stereocenters. The second-order valence-electron chi connectivity index (χ2n) is 11.6. The number of nitrogens with two attached hydrogens (primary N) is 1. The van der Waals surface area contributed by atoms with E-state index in [2.05, 4.69) is 52.2 Å². The number of likely N-dealkylation sites (tertiary alicyclic amines) is 1. The number of aryl methyl sites for hydroxylation is 2. The summed E-state index contributed by atoms with van der Waals surface area (Å²) in [5, 5.41) is 18.9. The molecule has 2 unspecified atom stereocenters. The van der Waals surface area contributed by atoms with Crippen molar-refractivity contribution in [2.45, 2.75) is 56.0 Å². The van der Waals surface area contributed by atoms with E-state index in [0.29, 0.717) is 49.9 Å². The first-order valence-corrected chi connectivity index (χ1v) is 14.4. The quantitative estimate of drug-likeness (QED) is 0.318. The number of likely N-dealkylation sites (N-methyl/N-ethyl adjacent to an activating group) is 1. The number of primary amides is 1. The van der Waals surface area contributed by atoms with E-state index in [4.69, 9.17) is 5.73 Å². The molecular formula is C33H40N6O2. The smallest absolute Gasteiger partial charge is 0.251 e. The number of amides is 2. The molecule has 2 amide bonds. The standard InChI is InChI=1S/C33H40N6O2/c1-20(36-3)13-22-5-9-28-23(14-22)6-7-24-15-25(31(40)37-4)8-10-29(24)33(28,32(35)41)11-12-38-19-21(2)39-27(18-34)16-26-17-30(26)39/h5,8-10,14-15,26-27,30,36,38H,1-2,6-7,11-13,16-17,19H2,3-4H3,(H2,35,41)(H,37,40)/t26-,27?,30+,33?/m1/s1. The largest absolute Gasteiger partial charge is 0.392 e. The molecule has 5 rings (SSSR count). The van der Waals surface area contributed by atoms with Gasteiger partial charge >= 0.3 is 0 Å². The SMILES string of the molecule is C=C(Cc1ccc2c(c1)CCc1cc(C(=O)NC)ccc1C2(CCNCC(=C)N1C(C#N)C[C@@H]2C[C@@H]21)C(N)=O)NC. The van der Waals surface area contributed by atoms with E-state index in [-0.39, 0.29) is 11.9 Å². The average Bonchev–Trinajstić information content (AvgIpc) is 3.67. The lowest BCUT2D eigenvalue weighted by Crippen LogP contribution is -2.45. The lowest BCUT2D eigenvalue weighted by molar-refractivity contribution is -0.122. The van der Waals surface area contributed by atoms with Crippen molar-refractivity contribution >= 4 is 11.8 Å². The molecule has 0 radical (unpaired) electrons. The van der Waals surface area contributed by atoms with Crippen LogP contribution in [0.3, 0.4) is 0 Å². The number of hydrogen-bond donors (Lipinski definition) is 4. The maximum absolute atomic E-state index is 13.6. The van der Waals surface area contributed by atoms with Crippen LogP contribution in [0.15, 0.2) is 61.0 Å². The summed E-state index contributed by atoms with van der Waals surface area (Å²) in [6.45, 7) is 9.42. The van der Waals surface area contributed by atoms with Crippen molar-refractivity contribution in [3.63, 3.8) is 0 Å². The highest BCUT2D eigenvalue weighted by atomic mass is 16.2. The Bertz CT molecular complexity index is 1440. The molecule has 8 nitrogen and oxygen atoms in total. The van der Waals surface area contributed by atoms with Gasteiger partial charge in [-0.05, 0) is 84.5 Å². The van der Waals surface area contributed by atoms with Crippen LogP contribution < -0.4 is 21.7 Å². The minimum atomic E-state index is -1.07. The van der Waals surface area contributed by atoms with Crippen LogP contribution in [0.5, 0.6) is 0 Å². The summed E-state index contributed by atoms with van der Waals surface area (Å²) >= 11 is 0. The Balaban J connectivity index is 1.46. The zero-order valence-corrected chi connectivity index (χ0v) is 24.1. The third-order valence-electron chi connectivity index (χ3n) is 9.16. The number of nitrogens with zero attached hydrogens (tertiary/aromatic N) is 2. The molecule has 1 saturated carbocycles. The van der Waals surface area contributed by atoms with Gasteiger partial charge in [-0.25, -0.2) is 0 Å². The van der Waals surface area contributed by atoms with E-state index in [1.807, 2.05) is 25.2 Å². The number of nitriles is 1. The fraction of sp³-hybridized carbons (Fsp3) is 0.424. The second-order valence-corrected chi connectivity index (χ2v) is 11.6. The van der Waals surface area contributed by atoms with Crippen molar-refractivity contribution in [3.05, 3.63) is 94.3 Å². The highest BCUT2D eigenvalue weighted by Crippen LogP contribution is 2.49. The lowest BCUT2D eigenvalue weighted by Gasteiger charge is -2.34. The van der Waals surface area contributed by atoms with Gasteiger partial charge in [-0.3, -0.25) is 9.59 Å². The summed E-state index contributed by atoms with van der Waals surface area (Å²) in [6.07, 6.45) is 4.61. The Hall–Kier alpha value is -4.09. The summed E-state index contributed by atoms with van der Waals surface area (Å²) in [5.41, 5.74) is 12.6. The van der Waals surface area contributed by atoms with Crippen LogP contribution in [-0.2, 0) is 29.5 Å². The summed E-state index contributed by atoms with van der Waals surface area (Å²) in [5.74, 6) is 0.0404. The molecule has 214 valence electrons. The summed E-state index contributed by atoms with van der Waals surface area (Å²) < 4.78 is 0. The third kappa shape index (κ3) is 5.22. The van der Waals surface area contributed by atoms with Crippen molar-refractivity contribution in [2.24, 2.45) is 11.7 Å². The van der Waals surface area contributed by atoms with Gasteiger partial charge in [0, 0.05) is 50.1 Å². The van der Waals surface area contributed by atoms with Crippen LogP contribution >= 0.6 is 0 Å². The molecule has 0 aromatic heterocycles. The number of rotatable bonds is 11. The van der Waals surface area contributed by atoms with E-state index in [0.717, 1.165) is 58.5 Å². The van der Waals surface area contributed by atoms with Crippen LogP contribution in [0.2, 0.25) is 0 Å². The average molecular weight is 553 g/mol.